The van der Waals surface area contributed by atoms with E-state index in [1.807, 2.05) is 6.92 Å². The topological polar surface area (TPSA) is 78.9 Å². The van der Waals surface area contributed by atoms with E-state index in [1.54, 1.807) is 12.0 Å². The molecule has 1 unspecified atom stereocenters. The molecule has 1 atom stereocenters. The lowest BCUT2D eigenvalue weighted by Crippen LogP contribution is -2.46. The number of hydrogen-bond donors (Lipinski definition) is 2. The molecule has 0 aromatic carbocycles. The number of likely N-dealkylation sites (tertiary alicyclic amines) is 1. The highest BCUT2D eigenvalue weighted by atomic mass is 16.5. The molecule has 1 heterocycles. The number of rotatable bonds is 6. The van der Waals surface area contributed by atoms with Gasteiger partial charge in [-0.1, -0.05) is 0 Å². The van der Waals surface area contributed by atoms with E-state index < -0.39 is 5.97 Å². The van der Waals surface area contributed by atoms with E-state index in [0.717, 1.165) is 0 Å². The number of carboxylic acids is 1. The number of hydrogen-bond acceptors (Lipinski definition) is 4. The van der Waals surface area contributed by atoms with Crippen molar-refractivity contribution in [2.24, 2.45) is 5.92 Å². The average molecular weight is 258 g/mol. The number of carboxylic acid groups (broad SMARTS) is 1. The van der Waals surface area contributed by atoms with Crippen molar-refractivity contribution in [3.63, 3.8) is 0 Å². The van der Waals surface area contributed by atoms with E-state index in [0.29, 0.717) is 32.5 Å². The van der Waals surface area contributed by atoms with Crippen molar-refractivity contribution in [1.82, 2.24) is 10.2 Å². The Morgan fingerprint density at radius 1 is 1.44 bits per heavy atom. The highest BCUT2D eigenvalue weighted by Gasteiger charge is 2.26. The van der Waals surface area contributed by atoms with Gasteiger partial charge in [0.2, 0.25) is 5.91 Å². The molecule has 0 radical (unpaired) electrons. The molecule has 1 rings (SSSR count). The van der Waals surface area contributed by atoms with Crippen LogP contribution in [-0.2, 0) is 14.3 Å². The summed E-state index contributed by atoms with van der Waals surface area (Å²) in [7, 11) is 1.62. The lowest BCUT2D eigenvalue weighted by Gasteiger charge is -2.30. The van der Waals surface area contributed by atoms with Crippen LogP contribution in [0.2, 0.25) is 0 Å². The number of amides is 1. The Labute approximate surface area is 107 Å². The summed E-state index contributed by atoms with van der Waals surface area (Å²) in [6.07, 6.45) is 1.10. The Kier molecular flexibility index (Phi) is 6.07. The molecule has 104 valence electrons. The number of ether oxygens (including phenoxy) is 1. The molecule has 0 aromatic heterocycles. The van der Waals surface area contributed by atoms with Gasteiger partial charge >= 0.3 is 5.97 Å². The van der Waals surface area contributed by atoms with Crippen LogP contribution in [-0.4, -0.2) is 61.3 Å². The van der Waals surface area contributed by atoms with E-state index in [2.05, 4.69) is 5.32 Å². The number of carbonyl (C=O) groups excluding carboxylic acids is 1. The summed E-state index contributed by atoms with van der Waals surface area (Å²) in [5, 5.41) is 12.0. The van der Waals surface area contributed by atoms with Gasteiger partial charge in [0.1, 0.15) is 0 Å². The van der Waals surface area contributed by atoms with Crippen LogP contribution in [0.5, 0.6) is 0 Å². The molecule has 1 saturated heterocycles. The van der Waals surface area contributed by atoms with Gasteiger partial charge in [0.25, 0.3) is 0 Å². The van der Waals surface area contributed by atoms with Gasteiger partial charge in [-0.05, 0) is 19.8 Å². The van der Waals surface area contributed by atoms with E-state index >= 15 is 0 Å². The number of carbonyl (C=O) groups is 2. The number of methoxy groups -OCH3 is 1. The van der Waals surface area contributed by atoms with Crippen LogP contribution >= 0.6 is 0 Å². The lowest BCUT2D eigenvalue weighted by molar-refractivity contribution is -0.145. The number of piperidine rings is 1. The second-order valence-electron chi connectivity index (χ2n) is 4.73. The molecular formula is C12H22N2O4. The van der Waals surface area contributed by atoms with E-state index in [9.17, 15) is 9.59 Å². The molecule has 1 aliphatic rings. The highest BCUT2D eigenvalue weighted by Crippen LogP contribution is 2.17. The largest absolute Gasteiger partial charge is 0.481 e. The van der Waals surface area contributed by atoms with Gasteiger partial charge in [0.05, 0.1) is 19.1 Å². The minimum absolute atomic E-state index is 0.0294. The first-order valence-corrected chi connectivity index (χ1v) is 6.27. The van der Waals surface area contributed by atoms with Crippen molar-refractivity contribution >= 4 is 11.9 Å². The summed E-state index contributed by atoms with van der Waals surface area (Å²) in [4.78, 5) is 24.4. The highest BCUT2D eigenvalue weighted by molar-refractivity contribution is 5.79. The Morgan fingerprint density at radius 2 is 2.06 bits per heavy atom. The summed E-state index contributed by atoms with van der Waals surface area (Å²) < 4.78 is 4.97. The SMILES string of the molecule is COCC(C)NCC(=O)N1CCC(C(=O)O)CC1. The summed E-state index contributed by atoms with van der Waals surface area (Å²) in [6.45, 7) is 3.87. The molecule has 0 saturated carbocycles. The zero-order valence-electron chi connectivity index (χ0n) is 11.0. The zero-order valence-corrected chi connectivity index (χ0v) is 11.0. The minimum atomic E-state index is -0.756. The van der Waals surface area contributed by atoms with Gasteiger partial charge in [-0.25, -0.2) is 0 Å². The Hall–Kier alpha value is -1.14. The van der Waals surface area contributed by atoms with E-state index in [-0.39, 0.29) is 24.4 Å². The van der Waals surface area contributed by atoms with Crippen molar-refractivity contribution in [2.45, 2.75) is 25.8 Å². The number of aliphatic carboxylic acids is 1. The molecule has 1 aliphatic heterocycles. The first kappa shape index (κ1) is 14.9. The van der Waals surface area contributed by atoms with Crippen LogP contribution in [0.3, 0.4) is 0 Å². The van der Waals surface area contributed by atoms with E-state index in [4.69, 9.17) is 9.84 Å². The van der Waals surface area contributed by atoms with Gasteiger partial charge in [-0.15, -0.1) is 0 Å². The minimum Gasteiger partial charge on any atom is -0.481 e. The summed E-state index contributed by atoms with van der Waals surface area (Å²) in [6, 6.07) is 0.135. The second-order valence-corrected chi connectivity index (χ2v) is 4.73. The third-order valence-electron chi connectivity index (χ3n) is 3.22. The molecule has 1 amide bonds. The Bertz CT molecular complexity index is 288. The molecular weight excluding hydrogens is 236 g/mol. The number of nitrogens with zero attached hydrogens (tertiary/aromatic N) is 1. The van der Waals surface area contributed by atoms with Crippen LogP contribution < -0.4 is 5.32 Å². The average Bonchev–Trinajstić information content (AvgIpc) is 2.36. The predicted molar refractivity (Wildman–Crippen MR) is 66.3 cm³/mol. The third kappa shape index (κ3) is 4.62. The van der Waals surface area contributed by atoms with Gasteiger partial charge in [0.15, 0.2) is 0 Å². The Balaban J connectivity index is 2.25. The maximum Gasteiger partial charge on any atom is 0.306 e. The van der Waals surface area contributed by atoms with Crippen LogP contribution in [0.15, 0.2) is 0 Å². The molecule has 6 heteroatoms. The fourth-order valence-corrected chi connectivity index (χ4v) is 2.06. The molecule has 1 fully saturated rings. The molecule has 0 spiro atoms. The van der Waals surface area contributed by atoms with Crippen molar-refractivity contribution in [2.75, 3.05) is 33.4 Å². The van der Waals surface area contributed by atoms with Gasteiger partial charge < -0.3 is 20.1 Å². The maximum atomic E-state index is 11.9. The maximum absolute atomic E-state index is 11.9. The predicted octanol–water partition coefficient (Wildman–Crippen LogP) is -0.0659. The summed E-state index contributed by atoms with van der Waals surface area (Å²) in [5.41, 5.74) is 0. The molecule has 2 N–H and O–H groups in total. The normalized spacial score (nSPS) is 18.7. The smallest absolute Gasteiger partial charge is 0.306 e. The number of nitrogens with one attached hydrogen (secondary N) is 1. The quantitative estimate of drug-likeness (QED) is 0.697. The molecule has 6 nitrogen and oxygen atoms in total. The van der Waals surface area contributed by atoms with Crippen molar-refractivity contribution in [3.8, 4) is 0 Å². The molecule has 0 bridgehead atoms. The van der Waals surface area contributed by atoms with Crippen LogP contribution in [0.4, 0.5) is 0 Å². The van der Waals surface area contributed by atoms with Crippen LogP contribution in [0.25, 0.3) is 0 Å². The van der Waals surface area contributed by atoms with Crippen LogP contribution in [0, 0.1) is 5.92 Å². The first-order valence-electron chi connectivity index (χ1n) is 6.27. The van der Waals surface area contributed by atoms with Crippen molar-refractivity contribution in [1.29, 1.82) is 0 Å². The van der Waals surface area contributed by atoms with Crippen LogP contribution in [0.1, 0.15) is 19.8 Å². The standard InChI is InChI=1S/C12H22N2O4/c1-9(8-18-2)13-7-11(15)14-5-3-10(4-6-14)12(16)17/h9-10,13H,3-8H2,1-2H3,(H,16,17). The second kappa shape index (κ2) is 7.33. The van der Waals surface area contributed by atoms with Crippen molar-refractivity contribution in [3.05, 3.63) is 0 Å². The Morgan fingerprint density at radius 3 is 2.56 bits per heavy atom. The lowest BCUT2D eigenvalue weighted by atomic mass is 9.97. The van der Waals surface area contributed by atoms with Gasteiger partial charge in [0, 0.05) is 26.2 Å². The molecule has 0 aliphatic carbocycles. The van der Waals surface area contributed by atoms with Gasteiger partial charge in [-0.3, -0.25) is 9.59 Å². The zero-order chi connectivity index (χ0) is 13.5. The summed E-state index contributed by atoms with van der Waals surface area (Å²) >= 11 is 0. The fraction of sp³-hybridized carbons (Fsp3) is 0.833. The molecule has 0 aromatic rings. The van der Waals surface area contributed by atoms with Gasteiger partial charge in [-0.2, -0.15) is 0 Å². The third-order valence-corrected chi connectivity index (χ3v) is 3.22. The van der Waals surface area contributed by atoms with Crippen molar-refractivity contribution < 1.29 is 19.4 Å². The first-order chi connectivity index (χ1) is 8.54. The molecule has 18 heavy (non-hydrogen) atoms. The van der Waals surface area contributed by atoms with E-state index in [1.165, 1.54) is 0 Å². The summed E-state index contributed by atoms with van der Waals surface area (Å²) in [5.74, 6) is -1.02. The fourth-order valence-electron chi connectivity index (χ4n) is 2.06. The monoisotopic (exact) mass is 258 g/mol.